The highest BCUT2D eigenvalue weighted by Gasteiger charge is 2.26. The minimum Gasteiger partial charge on any atom is -0.493 e. The topological polar surface area (TPSA) is 56.0 Å². The van der Waals surface area contributed by atoms with Crippen molar-refractivity contribution in [2.75, 3.05) is 19.8 Å². The lowest BCUT2D eigenvalue weighted by atomic mass is 9.92. The van der Waals surface area contributed by atoms with Gasteiger partial charge in [0.2, 0.25) is 0 Å². The van der Waals surface area contributed by atoms with E-state index in [-0.39, 0.29) is 11.7 Å². The lowest BCUT2D eigenvalue weighted by Crippen LogP contribution is -2.22. The summed E-state index contributed by atoms with van der Waals surface area (Å²) in [6, 6.07) is 8.99. The van der Waals surface area contributed by atoms with Crippen molar-refractivity contribution in [1.82, 2.24) is 9.38 Å². The number of halogens is 1. The minimum atomic E-state index is -0.688. The summed E-state index contributed by atoms with van der Waals surface area (Å²) in [5.41, 5.74) is 2.58. The highest BCUT2D eigenvalue weighted by Crippen LogP contribution is 2.35. The molecule has 4 rings (SSSR count). The Balaban J connectivity index is 1.79. The Labute approximate surface area is 157 Å². The fourth-order valence-electron chi connectivity index (χ4n) is 3.67. The first-order valence-electron chi connectivity index (χ1n) is 9.33. The van der Waals surface area contributed by atoms with Crippen LogP contribution in [0.5, 0.6) is 5.75 Å². The summed E-state index contributed by atoms with van der Waals surface area (Å²) in [7, 11) is 0. The molecule has 0 bridgehead atoms. The van der Waals surface area contributed by atoms with Crippen molar-refractivity contribution in [3.63, 3.8) is 0 Å². The van der Waals surface area contributed by atoms with Gasteiger partial charge in [-0.1, -0.05) is 18.2 Å². The molecule has 142 valence electrons. The molecule has 0 radical (unpaired) electrons. The van der Waals surface area contributed by atoms with E-state index in [1.54, 1.807) is 10.6 Å². The number of aliphatic hydroxyl groups excluding tert-OH is 1. The number of pyridine rings is 1. The van der Waals surface area contributed by atoms with Crippen LogP contribution < -0.4 is 4.74 Å². The lowest BCUT2D eigenvalue weighted by molar-refractivity contribution is 0.00576. The summed E-state index contributed by atoms with van der Waals surface area (Å²) in [6.45, 7) is 3.73. The molecule has 27 heavy (non-hydrogen) atoms. The van der Waals surface area contributed by atoms with Gasteiger partial charge < -0.3 is 19.0 Å². The van der Waals surface area contributed by atoms with E-state index < -0.39 is 6.10 Å². The first-order valence-corrected chi connectivity index (χ1v) is 9.33. The van der Waals surface area contributed by atoms with Crippen molar-refractivity contribution in [2.24, 2.45) is 5.92 Å². The van der Waals surface area contributed by atoms with Crippen LogP contribution in [0.1, 0.15) is 31.6 Å². The van der Waals surface area contributed by atoms with Crippen LogP contribution in [0.15, 0.2) is 42.7 Å². The van der Waals surface area contributed by atoms with Crippen LogP contribution >= 0.6 is 0 Å². The number of hydrogen-bond donors (Lipinski definition) is 1. The van der Waals surface area contributed by atoms with Crippen molar-refractivity contribution in [3.8, 4) is 16.9 Å². The number of fused-ring (bicyclic) bond motifs is 1. The van der Waals surface area contributed by atoms with Crippen LogP contribution in [0.25, 0.3) is 16.8 Å². The third kappa shape index (κ3) is 3.55. The van der Waals surface area contributed by atoms with Gasteiger partial charge in [0.15, 0.2) is 0 Å². The normalized spacial score (nSPS) is 16.6. The van der Waals surface area contributed by atoms with E-state index in [0.29, 0.717) is 42.5 Å². The molecule has 3 aromatic rings. The van der Waals surface area contributed by atoms with Gasteiger partial charge in [-0.2, -0.15) is 0 Å². The average molecular weight is 370 g/mol. The molecule has 3 heterocycles. The Kier molecular flexibility index (Phi) is 5.09. The fourth-order valence-corrected chi connectivity index (χ4v) is 3.67. The third-order valence-corrected chi connectivity index (χ3v) is 5.03. The molecule has 0 aliphatic carbocycles. The van der Waals surface area contributed by atoms with Gasteiger partial charge >= 0.3 is 0 Å². The standard InChI is InChI=1S/C21H23FN2O3/c1-2-27-19-6-4-3-5-16(19)17-11-15(22)12-24-13-18(23-21(17)24)20(25)14-7-9-26-10-8-14/h3-6,11-14,20,25H,2,7-10H2,1H3. The monoisotopic (exact) mass is 370 g/mol. The Bertz CT molecular complexity index is 934. The third-order valence-electron chi connectivity index (χ3n) is 5.03. The Morgan fingerprint density at radius 2 is 2.04 bits per heavy atom. The second kappa shape index (κ2) is 7.66. The second-order valence-corrected chi connectivity index (χ2v) is 6.79. The first-order chi connectivity index (χ1) is 13.2. The smallest absolute Gasteiger partial charge is 0.145 e. The van der Waals surface area contributed by atoms with Crippen LogP contribution in [-0.4, -0.2) is 34.3 Å². The molecule has 6 heteroatoms. The molecule has 1 aromatic carbocycles. The molecule has 0 amide bonds. The van der Waals surface area contributed by atoms with Crippen LogP contribution in [0.3, 0.4) is 0 Å². The number of hydrogen-bond acceptors (Lipinski definition) is 4. The Morgan fingerprint density at radius 1 is 1.26 bits per heavy atom. The zero-order valence-corrected chi connectivity index (χ0v) is 15.3. The maximum atomic E-state index is 14.3. The molecule has 0 spiro atoms. The summed E-state index contributed by atoms with van der Waals surface area (Å²) < 4.78 is 27.0. The maximum absolute atomic E-state index is 14.3. The zero-order valence-electron chi connectivity index (χ0n) is 15.3. The summed E-state index contributed by atoms with van der Waals surface area (Å²) in [5.74, 6) is 0.419. The molecule has 1 N–H and O–H groups in total. The Morgan fingerprint density at radius 3 is 2.81 bits per heavy atom. The number of ether oxygens (including phenoxy) is 2. The largest absolute Gasteiger partial charge is 0.493 e. The quantitative estimate of drug-likeness (QED) is 0.738. The summed E-state index contributed by atoms with van der Waals surface area (Å²) in [5, 5.41) is 10.8. The van der Waals surface area contributed by atoms with Gasteiger partial charge in [-0.05, 0) is 37.8 Å². The summed E-state index contributed by atoms with van der Waals surface area (Å²) in [6.07, 6.45) is 4.00. The van der Waals surface area contributed by atoms with Crippen LogP contribution in [0.4, 0.5) is 4.39 Å². The summed E-state index contributed by atoms with van der Waals surface area (Å²) in [4.78, 5) is 4.66. The predicted octanol–water partition coefficient (Wildman–Crippen LogP) is 4.00. The van der Waals surface area contributed by atoms with Crippen molar-refractivity contribution < 1.29 is 19.0 Å². The van der Waals surface area contributed by atoms with E-state index in [4.69, 9.17) is 9.47 Å². The SMILES string of the molecule is CCOc1ccccc1-c1cc(F)cn2cc(C(O)C3CCOCC3)nc12. The number of imidazole rings is 1. The van der Waals surface area contributed by atoms with Gasteiger partial charge in [-0.3, -0.25) is 0 Å². The number of aliphatic hydroxyl groups is 1. The number of para-hydroxylation sites is 1. The molecule has 1 aliphatic rings. The van der Waals surface area contributed by atoms with Gasteiger partial charge in [0.25, 0.3) is 0 Å². The first kappa shape index (κ1) is 17.9. The van der Waals surface area contributed by atoms with Crippen molar-refractivity contribution in [2.45, 2.75) is 25.9 Å². The lowest BCUT2D eigenvalue weighted by Gasteiger charge is -2.25. The molecule has 1 aliphatic heterocycles. The zero-order chi connectivity index (χ0) is 18.8. The second-order valence-electron chi connectivity index (χ2n) is 6.79. The Hall–Kier alpha value is -2.44. The van der Waals surface area contributed by atoms with E-state index in [1.165, 1.54) is 12.3 Å². The van der Waals surface area contributed by atoms with E-state index in [0.717, 1.165) is 18.4 Å². The van der Waals surface area contributed by atoms with Crippen LogP contribution in [0.2, 0.25) is 0 Å². The molecule has 1 fully saturated rings. The molecule has 1 unspecified atom stereocenters. The molecule has 0 saturated carbocycles. The maximum Gasteiger partial charge on any atom is 0.145 e. The van der Waals surface area contributed by atoms with Crippen LogP contribution in [-0.2, 0) is 4.74 Å². The van der Waals surface area contributed by atoms with E-state index >= 15 is 0 Å². The van der Waals surface area contributed by atoms with Gasteiger partial charge in [-0.15, -0.1) is 0 Å². The van der Waals surface area contributed by atoms with E-state index in [1.807, 2.05) is 31.2 Å². The molecule has 5 nitrogen and oxygen atoms in total. The molecule has 1 saturated heterocycles. The molecule has 2 aromatic heterocycles. The number of rotatable bonds is 5. The van der Waals surface area contributed by atoms with Crippen LogP contribution in [0, 0.1) is 11.7 Å². The number of nitrogens with zero attached hydrogens (tertiary/aromatic N) is 2. The van der Waals surface area contributed by atoms with E-state index in [2.05, 4.69) is 4.98 Å². The van der Waals surface area contributed by atoms with Gasteiger partial charge in [0.1, 0.15) is 23.3 Å². The molecular formula is C21H23FN2O3. The van der Waals surface area contributed by atoms with Crippen molar-refractivity contribution in [3.05, 3.63) is 54.2 Å². The fraction of sp³-hybridized carbons (Fsp3) is 0.381. The summed E-state index contributed by atoms with van der Waals surface area (Å²) >= 11 is 0. The van der Waals surface area contributed by atoms with E-state index in [9.17, 15) is 9.50 Å². The van der Waals surface area contributed by atoms with Gasteiger partial charge in [0.05, 0.1) is 12.3 Å². The minimum absolute atomic E-state index is 0.104. The highest BCUT2D eigenvalue weighted by molar-refractivity contribution is 5.81. The van der Waals surface area contributed by atoms with Crippen molar-refractivity contribution >= 4 is 5.65 Å². The molecule has 1 atom stereocenters. The molecular weight excluding hydrogens is 347 g/mol. The number of aromatic nitrogens is 2. The van der Waals surface area contributed by atoms with Gasteiger partial charge in [0, 0.05) is 36.7 Å². The van der Waals surface area contributed by atoms with Gasteiger partial charge in [-0.25, -0.2) is 9.37 Å². The number of benzene rings is 1. The van der Waals surface area contributed by atoms with Crippen molar-refractivity contribution in [1.29, 1.82) is 0 Å². The average Bonchev–Trinajstić information content (AvgIpc) is 3.12. The highest BCUT2D eigenvalue weighted by atomic mass is 19.1. The predicted molar refractivity (Wildman–Crippen MR) is 100 cm³/mol.